The van der Waals surface area contributed by atoms with Gasteiger partial charge in [-0.3, -0.25) is 9.20 Å². The van der Waals surface area contributed by atoms with Gasteiger partial charge in [0, 0.05) is 12.7 Å². The van der Waals surface area contributed by atoms with E-state index in [0.29, 0.717) is 29.3 Å². The zero-order chi connectivity index (χ0) is 19.4. The minimum Gasteiger partial charge on any atom is -0.496 e. The number of hydrogen-bond acceptors (Lipinski definition) is 5. The maximum absolute atomic E-state index is 14.1. The minimum atomic E-state index is -0.427. The fourth-order valence-corrected chi connectivity index (χ4v) is 2.68. The molecule has 0 radical (unpaired) electrons. The van der Waals surface area contributed by atoms with Crippen molar-refractivity contribution < 1.29 is 18.7 Å². The van der Waals surface area contributed by atoms with E-state index >= 15 is 0 Å². The maximum Gasteiger partial charge on any atom is 0.273 e. The molecule has 2 aromatic heterocycles. The number of ether oxygens (including phenoxy) is 2. The zero-order valence-electron chi connectivity index (χ0n) is 15.2. The van der Waals surface area contributed by atoms with Gasteiger partial charge in [-0.1, -0.05) is 13.0 Å². The van der Waals surface area contributed by atoms with Crippen LogP contribution in [0.5, 0.6) is 11.5 Å². The SMILES string of the molecule is CCCNC(=O)c1nc2c(OCc3c(F)cccc3OC)cccn2c1N. The molecule has 0 spiro atoms. The highest BCUT2D eigenvalue weighted by Crippen LogP contribution is 2.27. The van der Waals surface area contributed by atoms with Crippen molar-refractivity contribution in [2.24, 2.45) is 0 Å². The minimum absolute atomic E-state index is 0.0559. The number of benzene rings is 1. The third kappa shape index (κ3) is 3.64. The van der Waals surface area contributed by atoms with Crippen molar-refractivity contribution in [1.29, 1.82) is 0 Å². The lowest BCUT2D eigenvalue weighted by Gasteiger charge is -2.11. The summed E-state index contributed by atoms with van der Waals surface area (Å²) < 4.78 is 26.6. The summed E-state index contributed by atoms with van der Waals surface area (Å²) in [4.78, 5) is 16.6. The molecule has 27 heavy (non-hydrogen) atoms. The lowest BCUT2D eigenvalue weighted by molar-refractivity contribution is 0.0950. The second-order valence-corrected chi connectivity index (χ2v) is 5.88. The smallest absolute Gasteiger partial charge is 0.273 e. The summed E-state index contributed by atoms with van der Waals surface area (Å²) in [6.07, 6.45) is 2.49. The van der Waals surface area contributed by atoms with Gasteiger partial charge in [0.15, 0.2) is 17.1 Å². The lowest BCUT2D eigenvalue weighted by Crippen LogP contribution is -2.25. The molecule has 0 saturated heterocycles. The predicted molar refractivity (Wildman–Crippen MR) is 99.5 cm³/mol. The summed E-state index contributed by atoms with van der Waals surface area (Å²) in [5.41, 5.74) is 6.86. The molecule has 1 aromatic carbocycles. The van der Waals surface area contributed by atoms with Crippen molar-refractivity contribution >= 4 is 17.4 Å². The first kappa shape index (κ1) is 18.5. The van der Waals surface area contributed by atoms with Crippen LogP contribution < -0.4 is 20.5 Å². The molecule has 3 aromatic rings. The summed E-state index contributed by atoms with van der Waals surface area (Å²) in [6, 6.07) is 7.96. The van der Waals surface area contributed by atoms with Gasteiger partial charge >= 0.3 is 0 Å². The van der Waals surface area contributed by atoms with Gasteiger partial charge < -0.3 is 20.5 Å². The summed E-state index contributed by atoms with van der Waals surface area (Å²) in [6.45, 7) is 2.43. The van der Waals surface area contributed by atoms with Crippen LogP contribution in [0.25, 0.3) is 5.65 Å². The Morgan fingerprint density at radius 1 is 1.30 bits per heavy atom. The maximum atomic E-state index is 14.1. The number of fused-ring (bicyclic) bond motifs is 1. The van der Waals surface area contributed by atoms with Crippen LogP contribution in [0, 0.1) is 5.82 Å². The molecule has 0 atom stereocenters. The van der Waals surface area contributed by atoms with Gasteiger partial charge in [0.05, 0.1) is 12.7 Å². The third-order valence-corrected chi connectivity index (χ3v) is 4.07. The Labute approximate surface area is 155 Å². The standard InChI is InChI=1S/C19H21FN4O3/c1-3-9-22-19(25)16-17(21)24-10-5-8-15(18(24)23-16)27-11-12-13(20)6-4-7-14(12)26-2/h4-8,10H,3,9,11,21H2,1-2H3,(H,22,25). The number of hydrogen-bond donors (Lipinski definition) is 2. The summed E-state index contributed by atoms with van der Waals surface area (Å²) >= 11 is 0. The summed E-state index contributed by atoms with van der Waals surface area (Å²) in [7, 11) is 1.47. The van der Waals surface area contributed by atoms with Crippen molar-refractivity contribution in [3.05, 3.63) is 53.6 Å². The van der Waals surface area contributed by atoms with Crippen molar-refractivity contribution in [1.82, 2.24) is 14.7 Å². The van der Waals surface area contributed by atoms with Gasteiger partial charge in [-0.15, -0.1) is 0 Å². The van der Waals surface area contributed by atoms with Crippen LogP contribution in [0.1, 0.15) is 29.4 Å². The number of rotatable bonds is 7. The van der Waals surface area contributed by atoms with Crippen LogP contribution in [0.4, 0.5) is 10.2 Å². The number of carbonyl (C=O) groups excluding carboxylic acids is 1. The average molecular weight is 372 g/mol. The number of nitrogens with one attached hydrogen (secondary N) is 1. The van der Waals surface area contributed by atoms with E-state index in [9.17, 15) is 9.18 Å². The number of nitrogen functional groups attached to an aromatic ring is 1. The normalized spacial score (nSPS) is 10.8. The molecule has 0 aliphatic rings. The van der Waals surface area contributed by atoms with E-state index in [1.807, 2.05) is 6.92 Å². The molecule has 8 heteroatoms. The highest BCUT2D eigenvalue weighted by molar-refractivity contribution is 5.98. The number of carbonyl (C=O) groups is 1. The lowest BCUT2D eigenvalue weighted by atomic mass is 10.2. The van der Waals surface area contributed by atoms with Crippen LogP contribution in [0.15, 0.2) is 36.5 Å². The number of pyridine rings is 1. The molecule has 1 amide bonds. The molecule has 3 N–H and O–H groups in total. The number of nitrogens with two attached hydrogens (primary N) is 1. The summed E-state index contributed by atoms with van der Waals surface area (Å²) in [5, 5.41) is 2.75. The van der Waals surface area contributed by atoms with E-state index < -0.39 is 5.82 Å². The van der Waals surface area contributed by atoms with Crippen molar-refractivity contribution in [3.63, 3.8) is 0 Å². The molecule has 142 valence electrons. The molecular weight excluding hydrogens is 351 g/mol. The van der Waals surface area contributed by atoms with Crippen molar-refractivity contribution in [2.45, 2.75) is 20.0 Å². The number of methoxy groups -OCH3 is 1. The number of aromatic nitrogens is 2. The van der Waals surface area contributed by atoms with Gasteiger partial charge in [-0.25, -0.2) is 9.37 Å². The zero-order valence-corrected chi connectivity index (χ0v) is 15.2. The Bertz CT molecular complexity index is 971. The predicted octanol–water partition coefficient (Wildman–Crippen LogP) is 2.78. The van der Waals surface area contributed by atoms with E-state index in [4.69, 9.17) is 15.2 Å². The highest BCUT2D eigenvalue weighted by Gasteiger charge is 2.19. The fraction of sp³-hybridized carbons (Fsp3) is 0.263. The molecule has 0 bridgehead atoms. The molecule has 0 aliphatic heterocycles. The first-order valence-electron chi connectivity index (χ1n) is 8.55. The van der Waals surface area contributed by atoms with E-state index in [0.717, 1.165) is 6.42 Å². The first-order chi connectivity index (χ1) is 13.1. The van der Waals surface area contributed by atoms with E-state index in [1.165, 1.54) is 13.2 Å². The molecule has 3 rings (SSSR count). The van der Waals surface area contributed by atoms with Crippen molar-refractivity contribution in [3.8, 4) is 11.5 Å². The Kier molecular flexibility index (Phi) is 5.44. The van der Waals surface area contributed by atoms with E-state index in [1.54, 1.807) is 34.9 Å². The Morgan fingerprint density at radius 2 is 2.07 bits per heavy atom. The molecule has 2 heterocycles. The van der Waals surface area contributed by atoms with Gasteiger partial charge in [-0.05, 0) is 30.7 Å². The average Bonchev–Trinajstić information content (AvgIpc) is 3.02. The number of anilines is 1. The number of amides is 1. The monoisotopic (exact) mass is 372 g/mol. The molecule has 0 unspecified atom stereocenters. The largest absolute Gasteiger partial charge is 0.496 e. The van der Waals surface area contributed by atoms with Crippen LogP contribution in [-0.4, -0.2) is 28.9 Å². The quantitative estimate of drug-likeness (QED) is 0.665. The van der Waals surface area contributed by atoms with Crippen LogP contribution >= 0.6 is 0 Å². The molecule has 0 aliphatic carbocycles. The molecule has 0 saturated carbocycles. The van der Waals surface area contributed by atoms with Crippen molar-refractivity contribution in [2.75, 3.05) is 19.4 Å². The Hall–Kier alpha value is -3.29. The van der Waals surface area contributed by atoms with Gasteiger partial charge in [0.25, 0.3) is 5.91 Å². The van der Waals surface area contributed by atoms with Crippen LogP contribution in [-0.2, 0) is 6.61 Å². The fourth-order valence-electron chi connectivity index (χ4n) is 2.68. The van der Waals surface area contributed by atoms with E-state index in [2.05, 4.69) is 10.3 Å². The number of halogens is 1. The Balaban J connectivity index is 1.91. The Morgan fingerprint density at radius 3 is 2.81 bits per heavy atom. The number of imidazole rings is 1. The van der Waals surface area contributed by atoms with Gasteiger partial charge in [0.2, 0.25) is 0 Å². The molecule has 7 nitrogen and oxygen atoms in total. The third-order valence-electron chi connectivity index (χ3n) is 4.07. The second-order valence-electron chi connectivity index (χ2n) is 5.88. The van der Waals surface area contributed by atoms with Gasteiger partial charge in [-0.2, -0.15) is 0 Å². The summed E-state index contributed by atoms with van der Waals surface area (Å²) in [5.74, 6) is 0.213. The topological polar surface area (TPSA) is 90.9 Å². The molecular formula is C19H21FN4O3. The second kappa shape index (κ2) is 7.94. The molecule has 0 fully saturated rings. The highest BCUT2D eigenvalue weighted by atomic mass is 19.1. The first-order valence-corrected chi connectivity index (χ1v) is 8.55. The van der Waals surface area contributed by atoms with Crippen LogP contribution in [0.2, 0.25) is 0 Å². The van der Waals surface area contributed by atoms with E-state index in [-0.39, 0.29) is 24.0 Å². The van der Waals surface area contributed by atoms with Gasteiger partial charge in [0.1, 0.15) is 24.0 Å². The number of nitrogens with zero attached hydrogens (tertiary/aromatic N) is 2. The van der Waals surface area contributed by atoms with Crippen LogP contribution in [0.3, 0.4) is 0 Å².